The maximum Gasteiger partial charge on any atom is 0.343 e. The number of nitrogens with zero attached hydrogens (tertiary/aromatic N) is 1. The number of nitrogens with one attached hydrogen (secondary N) is 1. The number of carbonyl (C=O) groups is 2. The van der Waals surface area contributed by atoms with E-state index < -0.39 is 11.4 Å². The van der Waals surface area contributed by atoms with Crippen molar-refractivity contribution in [1.29, 1.82) is 5.26 Å². The van der Waals surface area contributed by atoms with Crippen LogP contribution in [0.15, 0.2) is 42.5 Å². The Balaban J connectivity index is 2.21. The van der Waals surface area contributed by atoms with Gasteiger partial charge in [0, 0.05) is 17.2 Å². The maximum atomic E-state index is 12.5. The molecule has 0 heterocycles. The standard InChI is InChI=1S/C21H22N2O4/c1-5-26-18-11-14(13-22)9-10-17(18)27-19(24)15-7-6-8-16(12-15)23-20(25)21(2,3)4/h6-12H,5H2,1-4H3,(H,23,25). The van der Waals surface area contributed by atoms with Crippen molar-refractivity contribution in [3.8, 4) is 17.6 Å². The first-order valence-corrected chi connectivity index (χ1v) is 8.55. The lowest BCUT2D eigenvalue weighted by molar-refractivity contribution is -0.123. The first-order chi connectivity index (χ1) is 12.7. The largest absolute Gasteiger partial charge is 0.490 e. The van der Waals surface area contributed by atoms with E-state index in [1.807, 2.05) is 6.07 Å². The fourth-order valence-corrected chi connectivity index (χ4v) is 2.13. The van der Waals surface area contributed by atoms with Gasteiger partial charge in [0.15, 0.2) is 11.5 Å². The van der Waals surface area contributed by atoms with Crippen LogP contribution in [0.5, 0.6) is 11.5 Å². The molecule has 6 heteroatoms. The molecule has 2 rings (SSSR count). The van der Waals surface area contributed by atoms with E-state index in [0.29, 0.717) is 23.6 Å². The van der Waals surface area contributed by atoms with E-state index in [9.17, 15) is 9.59 Å². The van der Waals surface area contributed by atoms with Gasteiger partial charge in [-0.05, 0) is 37.3 Å². The lowest BCUT2D eigenvalue weighted by Gasteiger charge is -2.18. The van der Waals surface area contributed by atoms with Crippen molar-refractivity contribution in [2.24, 2.45) is 5.41 Å². The zero-order valence-electron chi connectivity index (χ0n) is 15.8. The highest BCUT2D eigenvalue weighted by Gasteiger charge is 2.21. The molecule has 0 saturated carbocycles. The minimum atomic E-state index is -0.590. The van der Waals surface area contributed by atoms with Crippen LogP contribution in [-0.2, 0) is 4.79 Å². The van der Waals surface area contributed by atoms with E-state index in [1.165, 1.54) is 12.1 Å². The van der Waals surface area contributed by atoms with Crippen molar-refractivity contribution in [3.05, 3.63) is 53.6 Å². The first-order valence-electron chi connectivity index (χ1n) is 8.55. The summed E-state index contributed by atoms with van der Waals surface area (Å²) < 4.78 is 10.9. The molecule has 0 bridgehead atoms. The molecule has 0 atom stereocenters. The van der Waals surface area contributed by atoms with Gasteiger partial charge in [0.2, 0.25) is 5.91 Å². The molecular formula is C21H22N2O4. The SMILES string of the molecule is CCOc1cc(C#N)ccc1OC(=O)c1cccc(NC(=O)C(C)(C)C)c1. The summed E-state index contributed by atoms with van der Waals surface area (Å²) in [7, 11) is 0. The molecular weight excluding hydrogens is 344 g/mol. The Bertz CT molecular complexity index is 892. The number of hydrogen-bond donors (Lipinski definition) is 1. The van der Waals surface area contributed by atoms with Crippen LogP contribution in [0.1, 0.15) is 43.6 Å². The Morgan fingerprint density at radius 1 is 1.11 bits per heavy atom. The fourth-order valence-electron chi connectivity index (χ4n) is 2.13. The molecule has 0 fully saturated rings. The summed E-state index contributed by atoms with van der Waals surface area (Å²) in [4.78, 5) is 24.6. The predicted octanol–water partition coefficient (Wildman–Crippen LogP) is 4.16. The molecule has 1 N–H and O–H groups in total. The highest BCUT2D eigenvalue weighted by Crippen LogP contribution is 2.29. The number of hydrogen-bond acceptors (Lipinski definition) is 5. The number of benzene rings is 2. The van der Waals surface area contributed by atoms with E-state index in [4.69, 9.17) is 14.7 Å². The third-order valence-corrected chi connectivity index (χ3v) is 3.61. The minimum Gasteiger partial charge on any atom is -0.490 e. The molecule has 0 radical (unpaired) electrons. The number of rotatable bonds is 5. The summed E-state index contributed by atoms with van der Waals surface area (Å²) in [6.45, 7) is 7.58. The van der Waals surface area contributed by atoms with Gasteiger partial charge in [0.05, 0.1) is 23.8 Å². The highest BCUT2D eigenvalue weighted by molar-refractivity contribution is 5.97. The van der Waals surface area contributed by atoms with Crippen molar-refractivity contribution in [2.45, 2.75) is 27.7 Å². The normalized spacial score (nSPS) is 10.6. The van der Waals surface area contributed by atoms with Gasteiger partial charge in [-0.3, -0.25) is 4.79 Å². The van der Waals surface area contributed by atoms with Gasteiger partial charge in [-0.2, -0.15) is 5.26 Å². The zero-order chi connectivity index (χ0) is 20.0. The monoisotopic (exact) mass is 366 g/mol. The second-order valence-corrected chi connectivity index (χ2v) is 6.88. The summed E-state index contributed by atoms with van der Waals surface area (Å²) in [6.07, 6.45) is 0. The number of anilines is 1. The summed E-state index contributed by atoms with van der Waals surface area (Å²) >= 11 is 0. The molecule has 0 unspecified atom stereocenters. The quantitative estimate of drug-likeness (QED) is 0.634. The van der Waals surface area contributed by atoms with Gasteiger partial charge in [-0.25, -0.2) is 4.79 Å². The Hall–Kier alpha value is -3.33. The van der Waals surface area contributed by atoms with Crippen molar-refractivity contribution in [1.82, 2.24) is 0 Å². The van der Waals surface area contributed by atoms with E-state index >= 15 is 0 Å². The summed E-state index contributed by atoms with van der Waals surface area (Å²) in [5.74, 6) is -0.196. The Morgan fingerprint density at radius 2 is 1.85 bits per heavy atom. The van der Waals surface area contributed by atoms with Crippen molar-refractivity contribution >= 4 is 17.6 Å². The maximum absolute atomic E-state index is 12.5. The number of carbonyl (C=O) groups excluding carboxylic acids is 2. The summed E-state index contributed by atoms with van der Waals surface area (Å²) in [5.41, 5.74) is 0.652. The second-order valence-electron chi connectivity index (χ2n) is 6.88. The third kappa shape index (κ3) is 5.32. The minimum absolute atomic E-state index is 0.154. The molecule has 2 aromatic rings. The van der Waals surface area contributed by atoms with E-state index in [2.05, 4.69) is 5.32 Å². The summed E-state index contributed by atoms with van der Waals surface area (Å²) in [6, 6.07) is 13.1. The molecule has 2 aromatic carbocycles. The molecule has 1 amide bonds. The van der Waals surface area contributed by atoms with Gasteiger partial charge >= 0.3 is 5.97 Å². The second kappa shape index (κ2) is 8.37. The topological polar surface area (TPSA) is 88.4 Å². The number of esters is 1. The zero-order valence-corrected chi connectivity index (χ0v) is 15.8. The number of ether oxygens (including phenoxy) is 2. The van der Waals surface area contributed by atoms with Crippen LogP contribution >= 0.6 is 0 Å². The average molecular weight is 366 g/mol. The number of amides is 1. The van der Waals surface area contributed by atoms with Crippen LogP contribution < -0.4 is 14.8 Å². The van der Waals surface area contributed by atoms with Crippen molar-refractivity contribution in [2.75, 3.05) is 11.9 Å². The Labute approximate surface area is 158 Å². The van der Waals surface area contributed by atoms with Crippen LogP contribution in [0.4, 0.5) is 5.69 Å². The highest BCUT2D eigenvalue weighted by atomic mass is 16.6. The number of nitriles is 1. The lowest BCUT2D eigenvalue weighted by Crippen LogP contribution is -2.27. The van der Waals surface area contributed by atoms with Crippen LogP contribution in [-0.4, -0.2) is 18.5 Å². The molecule has 0 spiro atoms. The van der Waals surface area contributed by atoms with Crippen LogP contribution in [0.25, 0.3) is 0 Å². The van der Waals surface area contributed by atoms with E-state index in [-0.39, 0.29) is 17.2 Å². The van der Waals surface area contributed by atoms with Gasteiger partial charge in [0.1, 0.15) is 0 Å². The van der Waals surface area contributed by atoms with Crippen LogP contribution in [0.2, 0.25) is 0 Å². The van der Waals surface area contributed by atoms with Crippen LogP contribution in [0.3, 0.4) is 0 Å². The molecule has 27 heavy (non-hydrogen) atoms. The smallest absolute Gasteiger partial charge is 0.343 e. The molecule has 0 aliphatic carbocycles. The molecule has 0 aliphatic heterocycles. The molecule has 6 nitrogen and oxygen atoms in total. The predicted molar refractivity (Wildman–Crippen MR) is 102 cm³/mol. The fraction of sp³-hybridized carbons (Fsp3) is 0.286. The molecule has 0 aromatic heterocycles. The molecule has 140 valence electrons. The van der Waals surface area contributed by atoms with Gasteiger partial charge in [-0.1, -0.05) is 26.8 Å². The van der Waals surface area contributed by atoms with E-state index in [1.54, 1.807) is 58.0 Å². The van der Waals surface area contributed by atoms with E-state index in [0.717, 1.165) is 0 Å². The average Bonchev–Trinajstić information content (AvgIpc) is 2.62. The molecule has 0 aliphatic rings. The molecule has 0 saturated heterocycles. The van der Waals surface area contributed by atoms with Gasteiger partial charge in [0.25, 0.3) is 0 Å². The Morgan fingerprint density at radius 3 is 2.48 bits per heavy atom. The summed E-state index contributed by atoms with van der Waals surface area (Å²) in [5, 5.41) is 11.8. The Kier molecular flexibility index (Phi) is 6.19. The van der Waals surface area contributed by atoms with Crippen molar-refractivity contribution < 1.29 is 19.1 Å². The van der Waals surface area contributed by atoms with Gasteiger partial charge < -0.3 is 14.8 Å². The first kappa shape index (κ1) is 20.0. The van der Waals surface area contributed by atoms with Crippen LogP contribution in [0, 0.1) is 16.7 Å². The van der Waals surface area contributed by atoms with Gasteiger partial charge in [-0.15, -0.1) is 0 Å². The third-order valence-electron chi connectivity index (χ3n) is 3.61. The lowest BCUT2D eigenvalue weighted by atomic mass is 9.95. The van der Waals surface area contributed by atoms with Crippen molar-refractivity contribution in [3.63, 3.8) is 0 Å².